The van der Waals surface area contributed by atoms with Crippen LogP contribution in [0.3, 0.4) is 0 Å². The van der Waals surface area contributed by atoms with Crippen molar-refractivity contribution in [2.75, 3.05) is 38.7 Å². The van der Waals surface area contributed by atoms with E-state index in [-0.39, 0.29) is 29.9 Å². The summed E-state index contributed by atoms with van der Waals surface area (Å²) in [6.07, 6.45) is 1.24. The summed E-state index contributed by atoms with van der Waals surface area (Å²) >= 11 is 3.41. The third kappa shape index (κ3) is 10.7. The van der Waals surface area contributed by atoms with E-state index in [1.807, 2.05) is 32.0 Å². The molecule has 0 fully saturated rings. The smallest absolute Gasteiger partial charge is 0.226 e. The molecule has 6 nitrogen and oxygen atoms in total. The fourth-order valence-electron chi connectivity index (χ4n) is 2.02. The van der Waals surface area contributed by atoms with E-state index in [0.717, 1.165) is 34.6 Å². The van der Waals surface area contributed by atoms with Crippen molar-refractivity contribution in [1.82, 2.24) is 10.6 Å². The number of amides is 1. The molecule has 0 saturated heterocycles. The van der Waals surface area contributed by atoms with E-state index >= 15 is 0 Å². The van der Waals surface area contributed by atoms with Crippen LogP contribution in [0.4, 0.5) is 5.69 Å². The Bertz CT molecular complexity index is 555. The second-order valence-corrected chi connectivity index (χ2v) is 6.21. The number of benzene rings is 1. The summed E-state index contributed by atoms with van der Waals surface area (Å²) in [5.41, 5.74) is 1.86. The van der Waals surface area contributed by atoms with Gasteiger partial charge in [0.1, 0.15) is 0 Å². The molecule has 1 aromatic rings. The van der Waals surface area contributed by atoms with Gasteiger partial charge in [0.15, 0.2) is 5.96 Å². The summed E-state index contributed by atoms with van der Waals surface area (Å²) in [5, 5.41) is 9.25. The number of nitrogens with one attached hydrogen (secondary N) is 3. The van der Waals surface area contributed by atoms with Crippen LogP contribution < -0.4 is 16.0 Å². The minimum absolute atomic E-state index is 0. The van der Waals surface area contributed by atoms with Crippen molar-refractivity contribution in [3.63, 3.8) is 0 Å². The number of hydrogen-bond acceptors (Lipinski definition) is 3. The molecule has 1 rings (SSSR count). The first-order valence-electron chi connectivity index (χ1n) is 8.14. The topological polar surface area (TPSA) is 74.8 Å². The van der Waals surface area contributed by atoms with Gasteiger partial charge in [-0.05, 0) is 44.0 Å². The number of anilines is 1. The van der Waals surface area contributed by atoms with Crippen LogP contribution in [-0.2, 0) is 9.53 Å². The summed E-state index contributed by atoms with van der Waals surface area (Å²) in [4.78, 5) is 16.5. The highest BCUT2D eigenvalue weighted by molar-refractivity contribution is 14.0. The van der Waals surface area contributed by atoms with Crippen LogP contribution in [-0.4, -0.2) is 45.2 Å². The average molecular weight is 527 g/mol. The van der Waals surface area contributed by atoms with Gasteiger partial charge in [0.05, 0.1) is 0 Å². The molecule has 0 radical (unpaired) electrons. The zero-order valence-corrected chi connectivity index (χ0v) is 18.9. The molecule has 0 aliphatic rings. The second kappa shape index (κ2) is 14.3. The van der Waals surface area contributed by atoms with Gasteiger partial charge in [0, 0.05) is 49.9 Å². The minimum atomic E-state index is -0.0249. The number of methoxy groups -OCH3 is 1. The number of halogens is 2. The van der Waals surface area contributed by atoms with Crippen molar-refractivity contribution in [1.29, 1.82) is 0 Å². The molecule has 142 valence electrons. The Hall–Kier alpha value is -0.870. The lowest BCUT2D eigenvalue weighted by Gasteiger charge is -2.12. The normalized spacial score (nSPS) is 10.8. The molecule has 0 aromatic heterocycles. The average Bonchev–Trinajstić information content (AvgIpc) is 2.54. The largest absolute Gasteiger partial charge is 0.385 e. The molecule has 0 aliphatic carbocycles. The standard InChI is InChI=1S/C17H27BrN4O2.HI/c1-4-19-17(20-9-5-11-24-3)21-10-8-16(23)22-15-7-6-14(18)12-13(15)2;/h6-7,12H,4-5,8-11H2,1-3H3,(H,22,23)(H2,19,20,21);1H. The van der Waals surface area contributed by atoms with Gasteiger partial charge in [-0.25, -0.2) is 0 Å². The van der Waals surface area contributed by atoms with Gasteiger partial charge in [-0.1, -0.05) is 15.9 Å². The minimum Gasteiger partial charge on any atom is -0.385 e. The molecule has 0 aliphatic heterocycles. The van der Waals surface area contributed by atoms with Gasteiger partial charge in [-0.15, -0.1) is 24.0 Å². The van der Waals surface area contributed by atoms with Gasteiger partial charge in [0.25, 0.3) is 0 Å². The fraction of sp³-hybridized carbons (Fsp3) is 0.529. The van der Waals surface area contributed by atoms with Crippen molar-refractivity contribution < 1.29 is 9.53 Å². The maximum absolute atomic E-state index is 12.0. The second-order valence-electron chi connectivity index (χ2n) is 5.29. The van der Waals surface area contributed by atoms with Crippen molar-refractivity contribution >= 4 is 57.5 Å². The van der Waals surface area contributed by atoms with Crippen LogP contribution in [0.15, 0.2) is 27.7 Å². The Morgan fingerprint density at radius 1 is 1.32 bits per heavy atom. The van der Waals surface area contributed by atoms with Crippen molar-refractivity contribution in [3.05, 3.63) is 28.2 Å². The molecule has 3 N–H and O–H groups in total. The van der Waals surface area contributed by atoms with Gasteiger partial charge >= 0.3 is 0 Å². The molecular formula is C17H28BrIN4O2. The Morgan fingerprint density at radius 2 is 2.08 bits per heavy atom. The molecule has 25 heavy (non-hydrogen) atoms. The van der Waals surface area contributed by atoms with E-state index in [4.69, 9.17) is 4.74 Å². The maximum atomic E-state index is 12.0. The van der Waals surface area contributed by atoms with E-state index < -0.39 is 0 Å². The van der Waals surface area contributed by atoms with Gasteiger partial charge in [-0.2, -0.15) is 0 Å². The number of guanidine groups is 1. The monoisotopic (exact) mass is 526 g/mol. The summed E-state index contributed by atoms with van der Waals surface area (Å²) in [7, 11) is 1.68. The number of nitrogens with zero attached hydrogens (tertiary/aromatic N) is 1. The summed E-state index contributed by atoms with van der Waals surface area (Å²) in [5.74, 6) is 0.698. The van der Waals surface area contributed by atoms with E-state index in [0.29, 0.717) is 26.1 Å². The molecule has 1 amide bonds. The number of hydrogen-bond donors (Lipinski definition) is 3. The first-order chi connectivity index (χ1) is 11.6. The van der Waals surface area contributed by atoms with E-state index in [1.165, 1.54) is 0 Å². The first kappa shape index (κ1) is 24.1. The van der Waals surface area contributed by atoms with Crippen LogP contribution in [0.5, 0.6) is 0 Å². The van der Waals surface area contributed by atoms with Gasteiger partial charge in [-0.3, -0.25) is 9.79 Å². The molecule has 1 aromatic carbocycles. The van der Waals surface area contributed by atoms with Crippen LogP contribution in [0, 0.1) is 6.92 Å². The highest BCUT2D eigenvalue weighted by Gasteiger charge is 2.06. The van der Waals surface area contributed by atoms with E-state index in [2.05, 4.69) is 36.9 Å². The third-order valence-electron chi connectivity index (χ3n) is 3.23. The lowest BCUT2D eigenvalue weighted by atomic mass is 10.2. The Kier molecular flexibility index (Phi) is 13.8. The third-order valence-corrected chi connectivity index (χ3v) is 3.72. The lowest BCUT2D eigenvalue weighted by molar-refractivity contribution is -0.116. The van der Waals surface area contributed by atoms with E-state index in [1.54, 1.807) is 7.11 Å². The van der Waals surface area contributed by atoms with Crippen LogP contribution >= 0.6 is 39.9 Å². The van der Waals surface area contributed by atoms with E-state index in [9.17, 15) is 4.79 Å². The Morgan fingerprint density at radius 3 is 2.72 bits per heavy atom. The van der Waals surface area contributed by atoms with Crippen molar-refractivity contribution in [2.24, 2.45) is 4.99 Å². The number of ether oxygens (including phenoxy) is 1. The molecule has 8 heteroatoms. The van der Waals surface area contributed by atoms with Crippen LogP contribution in [0.25, 0.3) is 0 Å². The number of rotatable bonds is 9. The fourth-order valence-corrected chi connectivity index (χ4v) is 2.49. The first-order valence-corrected chi connectivity index (χ1v) is 8.93. The quantitative estimate of drug-likeness (QED) is 0.200. The number of carbonyl (C=O) groups excluding carboxylic acids is 1. The predicted molar refractivity (Wildman–Crippen MR) is 118 cm³/mol. The van der Waals surface area contributed by atoms with Gasteiger partial charge in [0.2, 0.25) is 5.91 Å². The molecule has 0 atom stereocenters. The highest BCUT2D eigenvalue weighted by Crippen LogP contribution is 2.19. The summed E-state index contributed by atoms with van der Waals surface area (Å²) < 4.78 is 6.00. The predicted octanol–water partition coefficient (Wildman–Crippen LogP) is 3.30. The zero-order valence-electron chi connectivity index (χ0n) is 15.0. The molecule has 0 spiro atoms. The van der Waals surface area contributed by atoms with Crippen LogP contribution in [0.1, 0.15) is 25.3 Å². The Labute approximate surface area is 175 Å². The maximum Gasteiger partial charge on any atom is 0.226 e. The number of aliphatic imine (C=N–C) groups is 1. The summed E-state index contributed by atoms with van der Waals surface area (Å²) in [6, 6.07) is 5.78. The Balaban J connectivity index is 0.00000576. The molecule has 0 bridgehead atoms. The molecule has 0 saturated carbocycles. The van der Waals surface area contributed by atoms with Crippen LogP contribution in [0.2, 0.25) is 0 Å². The zero-order chi connectivity index (χ0) is 17.8. The number of aryl methyl sites for hydroxylation is 1. The molecule has 0 heterocycles. The van der Waals surface area contributed by atoms with Gasteiger partial charge < -0.3 is 20.7 Å². The lowest BCUT2D eigenvalue weighted by Crippen LogP contribution is -2.38. The summed E-state index contributed by atoms with van der Waals surface area (Å²) in [6.45, 7) is 6.66. The highest BCUT2D eigenvalue weighted by atomic mass is 127. The van der Waals surface area contributed by atoms with Crippen molar-refractivity contribution in [3.8, 4) is 0 Å². The number of carbonyl (C=O) groups is 1. The molecule has 0 unspecified atom stereocenters. The SMILES string of the molecule is CCNC(=NCCCOC)NCCC(=O)Nc1ccc(Br)cc1C.I. The molecular weight excluding hydrogens is 499 g/mol. The van der Waals surface area contributed by atoms with Crippen molar-refractivity contribution in [2.45, 2.75) is 26.7 Å².